The third-order valence-corrected chi connectivity index (χ3v) is 9.10. The normalized spacial score (nSPS) is 35.1. The Balaban J connectivity index is 1.21. The van der Waals surface area contributed by atoms with E-state index in [1.54, 1.807) is 7.11 Å². The molecule has 1 amide bonds. The number of fused-ring (bicyclic) bond motifs is 2. The van der Waals surface area contributed by atoms with E-state index in [0.717, 1.165) is 38.5 Å². The molecular weight excluding hydrogens is 473 g/mol. The fourth-order valence-corrected chi connectivity index (χ4v) is 7.09. The summed E-state index contributed by atoms with van der Waals surface area (Å²) in [6.07, 6.45) is 1.93. The molecule has 10 heteroatoms. The van der Waals surface area contributed by atoms with Crippen molar-refractivity contribution in [2.45, 2.75) is 75.5 Å². The number of amides is 1. The van der Waals surface area contributed by atoms with Gasteiger partial charge in [0.2, 0.25) is 5.91 Å². The topological polar surface area (TPSA) is 66.9 Å². The number of carbonyl (C=O) groups excluding carboxylic acids is 1. The minimum atomic E-state index is -4.44. The molecule has 198 valence electrons. The quantitative estimate of drug-likeness (QED) is 0.660. The average Bonchev–Trinajstić information content (AvgIpc) is 3.57. The number of hydrogen-bond donors (Lipinski definition) is 1. The summed E-state index contributed by atoms with van der Waals surface area (Å²) in [5.74, 6) is 0.364. The molecule has 2 aliphatic carbocycles. The van der Waals surface area contributed by atoms with Crippen LogP contribution in [0.3, 0.4) is 0 Å². The Bertz CT molecular complexity index is 1000. The van der Waals surface area contributed by atoms with Crippen LogP contribution in [0.4, 0.5) is 13.2 Å². The van der Waals surface area contributed by atoms with Crippen LogP contribution in [0, 0.1) is 11.3 Å². The molecule has 6 rings (SSSR count). The summed E-state index contributed by atoms with van der Waals surface area (Å²) in [7, 11) is 1.71. The molecule has 1 aromatic heterocycles. The molecule has 1 N–H and O–H groups in total. The highest BCUT2D eigenvalue weighted by Gasteiger charge is 2.60. The van der Waals surface area contributed by atoms with Crippen LogP contribution in [0.5, 0.6) is 0 Å². The number of hydrogen-bond acceptors (Lipinski definition) is 6. The van der Waals surface area contributed by atoms with Crippen molar-refractivity contribution < 1.29 is 27.4 Å². The van der Waals surface area contributed by atoms with E-state index in [4.69, 9.17) is 9.47 Å². The largest absolute Gasteiger partial charge is 0.417 e. The third kappa shape index (κ3) is 4.44. The molecule has 2 saturated heterocycles. The van der Waals surface area contributed by atoms with E-state index in [1.165, 1.54) is 18.9 Å². The Morgan fingerprint density at radius 3 is 2.89 bits per heavy atom. The number of nitrogens with one attached hydrogen (secondary N) is 1. The van der Waals surface area contributed by atoms with E-state index < -0.39 is 17.2 Å². The minimum Gasteiger partial charge on any atom is -0.379 e. The molecule has 3 aliphatic heterocycles. The average molecular weight is 509 g/mol. The summed E-state index contributed by atoms with van der Waals surface area (Å²) >= 11 is 0. The number of aromatic nitrogens is 1. The van der Waals surface area contributed by atoms with Gasteiger partial charge in [0, 0.05) is 76.3 Å². The van der Waals surface area contributed by atoms with Crippen molar-refractivity contribution in [3.8, 4) is 0 Å². The van der Waals surface area contributed by atoms with E-state index in [2.05, 4.69) is 15.2 Å². The predicted molar refractivity (Wildman–Crippen MR) is 125 cm³/mol. The van der Waals surface area contributed by atoms with Crippen LogP contribution >= 0.6 is 0 Å². The second-order valence-corrected chi connectivity index (χ2v) is 11.4. The molecule has 0 spiro atoms. The molecule has 0 aromatic carbocycles. The Morgan fingerprint density at radius 2 is 2.14 bits per heavy atom. The fourth-order valence-electron chi connectivity index (χ4n) is 7.09. The summed E-state index contributed by atoms with van der Waals surface area (Å²) < 4.78 is 51.1. The Labute approximate surface area is 209 Å². The first kappa shape index (κ1) is 24.6. The zero-order chi connectivity index (χ0) is 25.1. The van der Waals surface area contributed by atoms with Gasteiger partial charge in [-0.05, 0) is 49.7 Å². The van der Waals surface area contributed by atoms with Crippen LogP contribution in [-0.4, -0.2) is 84.9 Å². The van der Waals surface area contributed by atoms with E-state index in [0.29, 0.717) is 43.5 Å². The number of ether oxygens (including phenoxy) is 2. The van der Waals surface area contributed by atoms with E-state index in [-0.39, 0.29) is 36.6 Å². The van der Waals surface area contributed by atoms with Gasteiger partial charge in [-0.2, -0.15) is 13.2 Å². The summed E-state index contributed by atoms with van der Waals surface area (Å²) in [5, 5.41) is 3.80. The van der Waals surface area contributed by atoms with Gasteiger partial charge in [-0.3, -0.25) is 14.7 Å². The van der Waals surface area contributed by atoms with E-state index >= 15 is 0 Å². The molecule has 5 atom stereocenters. The van der Waals surface area contributed by atoms with E-state index in [9.17, 15) is 18.0 Å². The molecule has 2 saturated carbocycles. The van der Waals surface area contributed by atoms with Crippen molar-refractivity contribution in [1.82, 2.24) is 20.1 Å². The Hall–Kier alpha value is -1.75. The number of pyridine rings is 1. The van der Waals surface area contributed by atoms with Crippen molar-refractivity contribution in [2.24, 2.45) is 11.3 Å². The van der Waals surface area contributed by atoms with Crippen LogP contribution < -0.4 is 5.32 Å². The van der Waals surface area contributed by atoms with Gasteiger partial charge in [0.05, 0.1) is 23.7 Å². The molecule has 1 aromatic rings. The van der Waals surface area contributed by atoms with Crippen LogP contribution in [0.1, 0.15) is 48.9 Å². The molecule has 4 heterocycles. The summed E-state index contributed by atoms with van der Waals surface area (Å²) in [6.45, 7) is 3.67. The van der Waals surface area contributed by atoms with Crippen molar-refractivity contribution in [3.63, 3.8) is 0 Å². The molecule has 0 unspecified atom stereocenters. The number of likely N-dealkylation sites (tertiary alicyclic amines) is 1. The number of carbonyl (C=O) groups is 1. The van der Waals surface area contributed by atoms with Gasteiger partial charge >= 0.3 is 6.18 Å². The second kappa shape index (κ2) is 9.22. The van der Waals surface area contributed by atoms with Gasteiger partial charge in [-0.1, -0.05) is 0 Å². The van der Waals surface area contributed by atoms with Crippen LogP contribution in [-0.2, 0) is 33.4 Å². The standard InChI is InChI=1S/C26H35F3N4O3/c1-35-23-14-36-7-5-22(23)31-19-9-18-13-33(20-2-3-20)15-25(18,10-19)24(34)32-6-4-21-16(12-32)8-17(11-30-21)26(27,28)29/h8,11,18-20,22-23,31H,2-7,9-10,12-15H2,1H3/t18-,19+,22-,23+,25-/m0/s1. The number of halogens is 3. The van der Waals surface area contributed by atoms with Crippen LogP contribution in [0.25, 0.3) is 0 Å². The van der Waals surface area contributed by atoms with E-state index in [1.807, 2.05) is 4.90 Å². The highest BCUT2D eigenvalue weighted by atomic mass is 19.4. The van der Waals surface area contributed by atoms with Gasteiger partial charge in [0.15, 0.2) is 0 Å². The first-order valence-corrected chi connectivity index (χ1v) is 13.2. The molecule has 36 heavy (non-hydrogen) atoms. The molecular formula is C26H35F3N4O3. The van der Waals surface area contributed by atoms with Crippen molar-refractivity contribution in [1.29, 1.82) is 0 Å². The van der Waals surface area contributed by atoms with Gasteiger partial charge < -0.3 is 19.7 Å². The summed E-state index contributed by atoms with van der Waals surface area (Å²) in [5.41, 5.74) is -0.0438. The molecule has 4 fully saturated rings. The zero-order valence-electron chi connectivity index (χ0n) is 20.7. The molecule has 0 radical (unpaired) electrons. The highest BCUT2D eigenvalue weighted by molar-refractivity contribution is 5.84. The Kier molecular flexibility index (Phi) is 6.29. The lowest BCUT2D eigenvalue weighted by molar-refractivity contribution is -0.144. The van der Waals surface area contributed by atoms with Crippen LogP contribution in [0.15, 0.2) is 12.3 Å². The van der Waals surface area contributed by atoms with Gasteiger partial charge in [0.25, 0.3) is 0 Å². The summed E-state index contributed by atoms with van der Waals surface area (Å²) in [6, 6.07) is 2.18. The lowest BCUT2D eigenvalue weighted by atomic mass is 9.78. The molecule has 7 nitrogen and oxygen atoms in total. The maximum atomic E-state index is 14.2. The molecule has 0 bridgehead atoms. The van der Waals surface area contributed by atoms with Gasteiger partial charge in [0.1, 0.15) is 0 Å². The molecule has 5 aliphatic rings. The van der Waals surface area contributed by atoms with Crippen molar-refractivity contribution >= 4 is 5.91 Å². The smallest absolute Gasteiger partial charge is 0.379 e. The second-order valence-electron chi connectivity index (χ2n) is 11.4. The zero-order valence-corrected chi connectivity index (χ0v) is 20.7. The number of rotatable bonds is 5. The fraction of sp³-hybridized carbons (Fsp3) is 0.769. The lowest BCUT2D eigenvalue weighted by Crippen LogP contribution is -2.52. The lowest BCUT2D eigenvalue weighted by Gasteiger charge is -2.38. The first-order valence-electron chi connectivity index (χ1n) is 13.2. The van der Waals surface area contributed by atoms with Gasteiger partial charge in [-0.25, -0.2) is 0 Å². The SMILES string of the molecule is CO[C@@H]1COCC[C@@H]1N[C@@H]1C[C@H]2CN(C3CC3)C[C@@]2(C(=O)N2CCc3ncc(C(F)(F)F)cc3C2)C1. The Morgan fingerprint density at radius 1 is 1.31 bits per heavy atom. The first-order chi connectivity index (χ1) is 17.3. The number of methoxy groups -OCH3 is 1. The van der Waals surface area contributed by atoms with Crippen molar-refractivity contribution in [3.05, 3.63) is 29.1 Å². The number of alkyl halides is 3. The monoisotopic (exact) mass is 508 g/mol. The van der Waals surface area contributed by atoms with Crippen molar-refractivity contribution in [2.75, 3.05) is 40.0 Å². The van der Waals surface area contributed by atoms with Crippen LogP contribution in [0.2, 0.25) is 0 Å². The minimum absolute atomic E-state index is 0.00253. The maximum Gasteiger partial charge on any atom is 0.417 e. The van der Waals surface area contributed by atoms with Gasteiger partial charge in [-0.15, -0.1) is 0 Å². The predicted octanol–water partition coefficient (Wildman–Crippen LogP) is 2.62. The maximum absolute atomic E-state index is 14.2. The highest BCUT2D eigenvalue weighted by Crippen LogP contribution is 2.52. The summed E-state index contributed by atoms with van der Waals surface area (Å²) in [4.78, 5) is 22.6. The third-order valence-electron chi connectivity index (χ3n) is 9.10. The number of nitrogens with zero attached hydrogens (tertiary/aromatic N) is 3.